The maximum atomic E-state index is 11.9. The molecule has 0 aliphatic heterocycles. The van der Waals surface area contributed by atoms with Crippen molar-refractivity contribution in [3.05, 3.63) is 50.8 Å². The molecule has 2 aromatic rings. The van der Waals surface area contributed by atoms with Crippen molar-refractivity contribution in [3.63, 3.8) is 0 Å². The topological polar surface area (TPSA) is 109 Å². The van der Waals surface area contributed by atoms with Gasteiger partial charge in [0.2, 0.25) is 0 Å². The van der Waals surface area contributed by atoms with E-state index >= 15 is 0 Å². The van der Waals surface area contributed by atoms with Gasteiger partial charge in [0, 0.05) is 17.8 Å². The first-order chi connectivity index (χ1) is 10.5. The summed E-state index contributed by atoms with van der Waals surface area (Å²) in [6.07, 6.45) is 1.36. The molecule has 2 rings (SSSR count). The minimum atomic E-state index is -0.610. The molecule has 0 amide bonds. The highest BCUT2D eigenvalue weighted by atomic mass is 35.5. The van der Waals surface area contributed by atoms with Crippen LogP contribution in [0.25, 0.3) is 11.1 Å². The Balaban J connectivity index is 2.59. The van der Waals surface area contributed by atoms with Crippen molar-refractivity contribution >= 4 is 23.3 Å². The lowest BCUT2D eigenvalue weighted by molar-refractivity contribution is -0.384. The molecule has 1 N–H and O–H groups in total. The van der Waals surface area contributed by atoms with E-state index in [9.17, 15) is 14.9 Å². The molecule has 1 heterocycles. The van der Waals surface area contributed by atoms with E-state index in [1.165, 1.54) is 24.4 Å². The number of nitrogens with zero attached hydrogens (tertiary/aromatic N) is 2. The standard InChI is InChI=1S/C14H10ClN3O4/c1-2-22-14(19)9-7-17-11(6-16)13(9)8-3-4-12(18(20)21)10(15)5-8/h3-5,7,17H,2H2,1H3. The molecule has 1 aromatic carbocycles. The molecule has 0 saturated carbocycles. The average molecular weight is 320 g/mol. The van der Waals surface area contributed by atoms with Gasteiger partial charge in [-0.05, 0) is 24.6 Å². The number of nitriles is 1. The molecule has 0 aliphatic carbocycles. The summed E-state index contributed by atoms with van der Waals surface area (Å²) in [5.41, 5.74) is 0.780. The number of halogens is 1. The summed E-state index contributed by atoms with van der Waals surface area (Å²) in [6.45, 7) is 1.85. The van der Waals surface area contributed by atoms with Crippen LogP contribution in [0.15, 0.2) is 24.4 Å². The van der Waals surface area contributed by atoms with Crippen molar-refractivity contribution in [2.75, 3.05) is 6.61 Å². The van der Waals surface area contributed by atoms with E-state index in [4.69, 9.17) is 21.6 Å². The number of H-pyrrole nitrogens is 1. The molecule has 0 fully saturated rings. The zero-order valence-corrected chi connectivity index (χ0v) is 12.2. The molecule has 22 heavy (non-hydrogen) atoms. The fourth-order valence-electron chi connectivity index (χ4n) is 1.99. The molecule has 0 unspecified atom stereocenters. The number of hydrogen-bond acceptors (Lipinski definition) is 5. The SMILES string of the molecule is CCOC(=O)c1c[nH]c(C#N)c1-c1ccc([N+](=O)[O-])c(Cl)c1. The summed E-state index contributed by atoms with van der Waals surface area (Å²) in [5.74, 6) is -0.593. The number of hydrogen-bond donors (Lipinski definition) is 1. The fourth-order valence-corrected chi connectivity index (χ4v) is 2.24. The first-order valence-electron chi connectivity index (χ1n) is 6.22. The zero-order valence-electron chi connectivity index (χ0n) is 11.4. The van der Waals surface area contributed by atoms with Gasteiger partial charge in [-0.2, -0.15) is 5.26 Å². The quantitative estimate of drug-likeness (QED) is 0.528. The van der Waals surface area contributed by atoms with Gasteiger partial charge in [-0.1, -0.05) is 11.6 Å². The molecule has 112 valence electrons. The van der Waals surface area contributed by atoms with Crippen LogP contribution in [0.4, 0.5) is 5.69 Å². The summed E-state index contributed by atoms with van der Waals surface area (Å²) in [4.78, 5) is 24.8. The number of esters is 1. The lowest BCUT2D eigenvalue weighted by Crippen LogP contribution is -2.05. The minimum absolute atomic E-state index is 0.0811. The monoisotopic (exact) mass is 319 g/mol. The Morgan fingerprint density at radius 3 is 2.82 bits per heavy atom. The Hall–Kier alpha value is -2.85. The second kappa shape index (κ2) is 6.28. The molecule has 1 aromatic heterocycles. The van der Waals surface area contributed by atoms with Gasteiger partial charge in [-0.25, -0.2) is 4.79 Å². The predicted octanol–water partition coefficient (Wildman–Crippen LogP) is 3.29. The van der Waals surface area contributed by atoms with E-state index in [0.717, 1.165) is 0 Å². The smallest absolute Gasteiger partial charge is 0.340 e. The number of aromatic nitrogens is 1. The van der Waals surface area contributed by atoms with Crippen molar-refractivity contribution in [1.82, 2.24) is 4.98 Å². The fraction of sp³-hybridized carbons (Fsp3) is 0.143. The van der Waals surface area contributed by atoms with E-state index in [0.29, 0.717) is 11.1 Å². The van der Waals surface area contributed by atoms with Crippen LogP contribution in [0.3, 0.4) is 0 Å². The molecule has 0 aliphatic rings. The summed E-state index contributed by atoms with van der Waals surface area (Å²) >= 11 is 5.88. The van der Waals surface area contributed by atoms with Gasteiger partial charge in [0.1, 0.15) is 16.8 Å². The second-order valence-corrected chi connectivity index (χ2v) is 4.62. The van der Waals surface area contributed by atoms with Gasteiger partial charge in [-0.15, -0.1) is 0 Å². The Bertz CT molecular complexity index is 792. The van der Waals surface area contributed by atoms with Gasteiger partial charge in [0.25, 0.3) is 5.69 Å². The highest BCUT2D eigenvalue weighted by Crippen LogP contribution is 2.33. The third kappa shape index (κ3) is 2.77. The predicted molar refractivity (Wildman–Crippen MR) is 78.6 cm³/mol. The Labute approximate surface area is 130 Å². The van der Waals surface area contributed by atoms with Crippen LogP contribution in [-0.2, 0) is 4.74 Å². The molecular formula is C14H10ClN3O4. The van der Waals surface area contributed by atoms with Crippen LogP contribution in [0, 0.1) is 21.4 Å². The van der Waals surface area contributed by atoms with E-state index in [1.54, 1.807) is 6.92 Å². The summed E-state index contributed by atoms with van der Waals surface area (Å²) in [7, 11) is 0. The average Bonchev–Trinajstić information content (AvgIpc) is 2.90. The Morgan fingerprint density at radius 2 is 2.27 bits per heavy atom. The summed E-state index contributed by atoms with van der Waals surface area (Å²) in [6, 6.07) is 5.92. The Kier molecular flexibility index (Phi) is 4.44. The zero-order chi connectivity index (χ0) is 16.3. The number of nitrogens with one attached hydrogen (secondary N) is 1. The van der Waals surface area contributed by atoms with Crippen LogP contribution < -0.4 is 0 Å². The summed E-state index contributed by atoms with van der Waals surface area (Å²) in [5, 5.41) is 19.9. The molecule has 8 heteroatoms. The summed E-state index contributed by atoms with van der Waals surface area (Å²) < 4.78 is 4.93. The maximum Gasteiger partial charge on any atom is 0.340 e. The minimum Gasteiger partial charge on any atom is -0.462 e. The van der Waals surface area contributed by atoms with Crippen LogP contribution in [-0.4, -0.2) is 22.5 Å². The first-order valence-corrected chi connectivity index (χ1v) is 6.60. The molecule has 0 atom stereocenters. The van der Waals surface area contributed by atoms with E-state index < -0.39 is 10.9 Å². The number of aromatic amines is 1. The van der Waals surface area contributed by atoms with Gasteiger partial charge < -0.3 is 9.72 Å². The van der Waals surface area contributed by atoms with Gasteiger partial charge in [0.15, 0.2) is 0 Å². The molecule has 0 bridgehead atoms. The number of nitro benzene ring substituents is 1. The van der Waals surface area contributed by atoms with Crippen LogP contribution >= 0.6 is 11.6 Å². The van der Waals surface area contributed by atoms with Gasteiger partial charge in [-0.3, -0.25) is 10.1 Å². The normalized spacial score (nSPS) is 10.0. The van der Waals surface area contributed by atoms with Crippen molar-refractivity contribution < 1.29 is 14.5 Å². The molecule has 0 radical (unpaired) electrons. The van der Waals surface area contributed by atoms with E-state index in [1.807, 2.05) is 6.07 Å². The number of carbonyl (C=O) groups excluding carboxylic acids is 1. The Morgan fingerprint density at radius 1 is 1.55 bits per heavy atom. The number of rotatable bonds is 4. The van der Waals surface area contributed by atoms with Crippen molar-refractivity contribution in [2.24, 2.45) is 0 Å². The molecule has 0 spiro atoms. The number of nitro groups is 1. The van der Waals surface area contributed by atoms with Gasteiger partial charge in [0.05, 0.1) is 17.1 Å². The molecule has 7 nitrogen and oxygen atoms in total. The number of benzene rings is 1. The number of carbonyl (C=O) groups is 1. The number of ether oxygens (including phenoxy) is 1. The third-order valence-corrected chi connectivity index (χ3v) is 3.22. The van der Waals surface area contributed by atoms with Crippen molar-refractivity contribution in [2.45, 2.75) is 6.92 Å². The lowest BCUT2D eigenvalue weighted by Gasteiger charge is -2.05. The highest BCUT2D eigenvalue weighted by molar-refractivity contribution is 6.33. The molecular weight excluding hydrogens is 310 g/mol. The van der Waals surface area contributed by atoms with Crippen LogP contribution in [0.1, 0.15) is 23.0 Å². The van der Waals surface area contributed by atoms with E-state index in [2.05, 4.69) is 4.98 Å². The van der Waals surface area contributed by atoms with Crippen molar-refractivity contribution in [3.8, 4) is 17.2 Å². The largest absolute Gasteiger partial charge is 0.462 e. The van der Waals surface area contributed by atoms with Gasteiger partial charge >= 0.3 is 5.97 Å². The van der Waals surface area contributed by atoms with E-state index in [-0.39, 0.29) is 28.6 Å². The second-order valence-electron chi connectivity index (χ2n) is 4.21. The van der Waals surface area contributed by atoms with Crippen LogP contribution in [0.2, 0.25) is 5.02 Å². The van der Waals surface area contributed by atoms with Crippen molar-refractivity contribution in [1.29, 1.82) is 5.26 Å². The van der Waals surface area contributed by atoms with Crippen LogP contribution in [0.5, 0.6) is 0 Å². The highest BCUT2D eigenvalue weighted by Gasteiger charge is 2.22. The molecule has 0 saturated heterocycles. The lowest BCUT2D eigenvalue weighted by atomic mass is 10.0. The maximum absolute atomic E-state index is 11.9. The first kappa shape index (κ1) is 15.5. The third-order valence-electron chi connectivity index (χ3n) is 2.92.